The highest BCUT2D eigenvalue weighted by molar-refractivity contribution is 9.10. The monoisotopic (exact) mass is 275 g/mol. The van der Waals surface area contributed by atoms with Crippen molar-refractivity contribution in [3.8, 4) is 0 Å². The Morgan fingerprint density at radius 1 is 1.60 bits per heavy atom. The summed E-state index contributed by atoms with van der Waals surface area (Å²) in [5.41, 5.74) is 5.22. The molecule has 0 aliphatic rings. The zero-order chi connectivity index (χ0) is 11.5. The van der Waals surface area contributed by atoms with Gasteiger partial charge in [0.25, 0.3) is 0 Å². The number of hydrogen-bond donors (Lipinski definition) is 2. The van der Waals surface area contributed by atoms with E-state index in [1.54, 1.807) is 6.20 Å². The summed E-state index contributed by atoms with van der Waals surface area (Å²) >= 11 is 3.16. The normalized spacial score (nSPS) is 11.5. The Hall–Kier alpha value is -0.680. The van der Waals surface area contributed by atoms with E-state index in [4.69, 9.17) is 5.73 Å². The molecule has 0 atom stereocenters. The fraction of sp³-hybridized carbons (Fsp3) is 0.500. The first-order valence-electron chi connectivity index (χ1n) is 4.74. The molecule has 0 saturated carbocycles. The lowest BCUT2D eigenvalue weighted by Gasteiger charge is -2.26. The largest absolute Gasteiger partial charge is 0.363 e. The molecule has 5 heteroatoms. The molecule has 0 aromatic carbocycles. The van der Waals surface area contributed by atoms with Gasteiger partial charge in [-0.3, -0.25) is 0 Å². The van der Waals surface area contributed by atoms with Gasteiger partial charge in [-0.1, -0.05) is 0 Å². The van der Waals surface area contributed by atoms with Crippen molar-refractivity contribution in [3.05, 3.63) is 22.6 Å². The van der Waals surface area contributed by atoms with Crippen LogP contribution in [0.15, 0.2) is 16.7 Å². The van der Waals surface area contributed by atoms with Crippen molar-refractivity contribution in [1.82, 2.24) is 4.98 Å². The van der Waals surface area contributed by atoms with Crippen molar-refractivity contribution in [2.24, 2.45) is 5.73 Å². The van der Waals surface area contributed by atoms with E-state index < -0.39 is 0 Å². The second kappa shape index (κ2) is 4.90. The molecule has 1 aromatic heterocycles. The maximum Gasteiger partial charge on any atom is 0.166 e. The lowest BCUT2D eigenvalue weighted by atomic mass is 10.0. The van der Waals surface area contributed by atoms with Gasteiger partial charge >= 0.3 is 0 Å². The van der Waals surface area contributed by atoms with Crippen LogP contribution in [-0.4, -0.2) is 17.1 Å². The Bertz CT molecular complexity index is 341. The van der Waals surface area contributed by atoms with Crippen molar-refractivity contribution in [1.29, 1.82) is 0 Å². The number of nitrogens with one attached hydrogen (secondary N) is 1. The van der Waals surface area contributed by atoms with Gasteiger partial charge in [-0.15, -0.1) is 0 Å². The lowest BCUT2D eigenvalue weighted by Crippen LogP contribution is -2.34. The summed E-state index contributed by atoms with van der Waals surface area (Å²) in [5, 5.41) is 3.03. The first-order chi connectivity index (χ1) is 6.94. The van der Waals surface area contributed by atoms with E-state index >= 15 is 0 Å². The molecule has 3 nitrogen and oxygen atoms in total. The molecule has 15 heavy (non-hydrogen) atoms. The third-order valence-corrected chi connectivity index (χ3v) is 2.47. The van der Waals surface area contributed by atoms with E-state index in [1.807, 2.05) is 13.8 Å². The highest BCUT2D eigenvalue weighted by Gasteiger charge is 2.18. The van der Waals surface area contributed by atoms with Gasteiger partial charge in [-0.25, -0.2) is 9.37 Å². The minimum atomic E-state index is -0.366. The molecule has 0 radical (unpaired) electrons. The summed E-state index contributed by atoms with van der Waals surface area (Å²) in [5.74, 6) is -0.105. The first-order valence-corrected chi connectivity index (χ1v) is 5.53. The fourth-order valence-corrected chi connectivity index (χ4v) is 1.55. The predicted molar refractivity (Wildman–Crippen MR) is 63.3 cm³/mol. The molecule has 0 aliphatic carbocycles. The second-order valence-electron chi connectivity index (χ2n) is 4.03. The van der Waals surface area contributed by atoms with Gasteiger partial charge in [-0.05, 0) is 48.8 Å². The summed E-state index contributed by atoms with van der Waals surface area (Å²) in [6.45, 7) is 4.48. The molecule has 0 bridgehead atoms. The second-order valence-corrected chi connectivity index (χ2v) is 4.95. The van der Waals surface area contributed by atoms with Gasteiger partial charge in [0, 0.05) is 16.2 Å². The van der Waals surface area contributed by atoms with Gasteiger partial charge in [0.05, 0.1) is 0 Å². The minimum Gasteiger partial charge on any atom is -0.363 e. The third kappa shape index (κ3) is 3.76. The van der Waals surface area contributed by atoms with Gasteiger partial charge in [-0.2, -0.15) is 0 Å². The maximum absolute atomic E-state index is 13.4. The summed E-state index contributed by atoms with van der Waals surface area (Å²) in [6.07, 6.45) is 2.31. The molecule has 1 heterocycles. The number of hydrogen-bond acceptors (Lipinski definition) is 3. The molecule has 1 aromatic rings. The number of nitrogens with zero attached hydrogens (tertiary/aromatic N) is 1. The molecule has 3 N–H and O–H groups in total. The Balaban J connectivity index is 2.80. The van der Waals surface area contributed by atoms with Crippen molar-refractivity contribution < 1.29 is 4.39 Å². The van der Waals surface area contributed by atoms with E-state index in [9.17, 15) is 4.39 Å². The minimum absolute atomic E-state index is 0.254. The molecule has 0 amide bonds. The van der Waals surface area contributed by atoms with Crippen LogP contribution >= 0.6 is 15.9 Å². The van der Waals surface area contributed by atoms with Crippen molar-refractivity contribution in [3.63, 3.8) is 0 Å². The van der Waals surface area contributed by atoms with Crippen molar-refractivity contribution in [2.45, 2.75) is 25.8 Å². The van der Waals surface area contributed by atoms with Crippen molar-refractivity contribution in [2.75, 3.05) is 11.9 Å². The van der Waals surface area contributed by atoms with E-state index in [2.05, 4.69) is 26.2 Å². The number of halogens is 2. The summed E-state index contributed by atoms with van der Waals surface area (Å²) in [7, 11) is 0. The maximum atomic E-state index is 13.4. The quantitative estimate of drug-likeness (QED) is 0.888. The Labute approximate surface area is 97.4 Å². The molecule has 0 fully saturated rings. The number of pyridine rings is 1. The molecule has 0 aliphatic heterocycles. The van der Waals surface area contributed by atoms with E-state index in [-0.39, 0.29) is 17.2 Å². The predicted octanol–water partition coefficient (Wildman–Crippen LogP) is 2.52. The topological polar surface area (TPSA) is 50.9 Å². The van der Waals surface area contributed by atoms with E-state index in [0.717, 1.165) is 6.42 Å². The summed E-state index contributed by atoms with van der Waals surface area (Å²) in [6, 6.07) is 1.38. The number of aromatic nitrogens is 1. The standard InChI is InChI=1S/C10H15BrFN3/c1-10(2,3-4-13)15-9-8(12)5-7(11)6-14-9/h5-6H,3-4,13H2,1-2H3,(H,14,15). The molecule has 0 spiro atoms. The number of nitrogens with two attached hydrogens (primary N) is 1. The lowest BCUT2D eigenvalue weighted by molar-refractivity contribution is 0.515. The van der Waals surface area contributed by atoms with Crippen LogP contribution in [0.4, 0.5) is 10.2 Å². The summed E-state index contributed by atoms with van der Waals surface area (Å²) in [4.78, 5) is 3.97. The van der Waals surface area contributed by atoms with Crippen LogP contribution < -0.4 is 11.1 Å². The molecular weight excluding hydrogens is 261 g/mol. The average Bonchev–Trinajstić information content (AvgIpc) is 2.09. The van der Waals surface area contributed by atoms with Crippen LogP contribution in [0.1, 0.15) is 20.3 Å². The smallest absolute Gasteiger partial charge is 0.166 e. The first kappa shape index (κ1) is 12.4. The van der Waals surface area contributed by atoms with Crippen LogP contribution in [-0.2, 0) is 0 Å². The van der Waals surface area contributed by atoms with E-state index in [1.165, 1.54) is 6.07 Å². The fourth-order valence-electron chi connectivity index (χ4n) is 1.25. The van der Waals surface area contributed by atoms with Crippen LogP contribution in [0, 0.1) is 5.82 Å². The molecular formula is C10H15BrFN3. The highest BCUT2D eigenvalue weighted by Crippen LogP contribution is 2.20. The van der Waals surface area contributed by atoms with Crippen LogP contribution in [0.5, 0.6) is 0 Å². The van der Waals surface area contributed by atoms with Gasteiger partial charge in [0.2, 0.25) is 0 Å². The highest BCUT2D eigenvalue weighted by atomic mass is 79.9. The van der Waals surface area contributed by atoms with Crippen LogP contribution in [0.25, 0.3) is 0 Å². The average molecular weight is 276 g/mol. The molecule has 84 valence electrons. The number of anilines is 1. The molecule has 1 rings (SSSR count). The zero-order valence-electron chi connectivity index (χ0n) is 8.85. The molecule has 0 saturated heterocycles. The number of rotatable bonds is 4. The van der Waals surface area contributed by atoms with Crippen LogP contribution in [0.3, 0.4) is 0 Å². The van der Waals surface area contributed by atoms with Gasteiger partial charge in [0.15, 0.2) is 11.6 Å². The van der Waals surface area contributed by atoms with Crippen LogP contribution in [0.2, 0.25) is 0 Å². The Morgan fingerprint density at radius 3 is 2.80 bits per heavy atom. The van der Waals surface area contributed by atoms with Crippen molar-refractivity contribution >= 4 is 21.7 Å². The van der Waals surface area contributed by atoms with Gasteiger partial charge in [0.1, 0.15) is 0 Å². The van der Waals surface area contributed by atoms with E-state index in [0.29, 0.717) is 11.0 Å². The zero-order valence-corrected chi connectivity index (χ0v) is 10.4. The Morgan fingerprint density at radius 2 is 2.27 bits per heavy atom. The Kier molecular flexibility index (Phi) is 4.04. The van der Waals surface area contributed by atoms with Gasteiger partial charge < -0.3 is 11.1 Å². The summed E-state index contributed by atoms with van der Waals surface area (Å²) < 4.78 is 14.1. The SMILES string of the molecule is CC(C)(CCN)Nc1ncc(Br)cc1F. The molecule has 0 unspecified atom stereocenters. The third-order valence-electron chi connectivity index (χ3n) is 2.03.